The first-order chi connectivity index (χ1) is 10.1. The van der Waals surface area contributed by atoms with Crippen LogP contribution in [0.2, 0.25) is 0 Å². The Kier molecular flexibility index (Phi) is 3.21. The Bertz CT molecular complexity index is 708. The van der Waals surface area contributed by atoms with E-state index in [-0.39, 0.29) is 5.91 Å². The number of amides is 1. The number of nitrogens with one attached hydrogen (secondary N) is 1. The predicted molar refractivity (Wildman–Crippen MR) is 76.4 cm³/mol. The molecule has 0 spiro atoms. The van der Waals surface area contributed by atoms with Gasteiger partial charge in [0, 0.05) is 17.9 Å². The number of carbonyl (C=O) groups excluding carboxylic acids is 1. The highest BCUT2D eigenvalue weighted by molar-refractivity contribution is 6.06. The molecule has 2 aromatic rings. The van der Waals surface area contributed by atoms with E-state index >= 15 is 0 Å². The van der Waals surface area contributed by atoms with Crippen LogP contribution in [0.5, 0.6) is 0 Å². The first-order valence-corrected chi connectivity index (χ1v) is 6.73. The lowest BCUT2D eigenvalue weighted by Crippen LogP contribution is -2.38. The van der Waals surface area contributed by atoms with Gasteiger partial charge in [0.1, 0.15) is 0 Å². The van der Waals surface area contributed by atoms with Crippen LogP contribution in [0.4, 0.5) is 5.69 Å². The number of para-hydroxylation sites is 1. The number of carbonyl (C=O) groups is 2. The fourth-order valence-electron chi connectivity index (χ4n) is 2.70. The Labute approximate surface area is 121 Å². The highest BCUT2D eigenvalue weighted by atomic mass is 16.4. The Balaban J connectivity index is 2.00. The highest BCUT2D eigenvalue weighted by Gasteiger charge is 2.33. The molecule has 21 heavy (non-hydrogen) atoms. The van der Waals surface area contributed by atoms with Crippen molar-refractivity contribution in [2.45, 2.75) is 19.3 Å². The van der Waals surface area contributed by atoms with Crippen molar-refractivity contribution in [1.82, 2.24) is 10.2 Å². The number of anilines is 1. The average Bonchev–Trinajstić information content (AvgIpc) is 2.91. The molecule has 2 heterocycles. The first-order valence-electron chi connectivity index (χ1n) is 6.73. The van der Waals surface area contributed by atoms with Crippen molar-refractivity contribution < 1.29 is 14.7 Å². The molecule has 6 heteroatoms. The second kappa shape index (κ2) is 5.05. The molecule has 1 unspecified atom stereocenters. The number of fused-ring (bicyclic) bond motifs is 1. The molecule has 2 N–H and O–H groups in total. The third-order valence-corrected chi connectivity index (χ3v) is 3.71. The van der Waals surface area contributed by atoms with Gasteiger partial charge in [-0.3, -0.25) is 14.7 Å². The summed E-state index contributed by atoms with van der Waals surface area (Å²) in [6.07, 6.45) is 0.404. The van der Waals surface area contributed by atoms with Gasteiger partial charge in [0.15, 0.2) is 5.69 Å². The van der Waals surface area contributed by atoms with Crippen LogP contribution < -0.4 is 4.90 Å². The maximum absolute atomic E-state index is 12.5. The zero-order valence-corrected chi connectivity index (χ0v) is 11.5. The van der Waals surface area contributed by atoms with E-state index in [0.717, 1.165) is 5.69 Å². The van der Waals surface area contributed by atoms with Crippen LogP contribution >= 0.6 is 0 Å². The lowest BCUT2D eigenvalue weighted by molar-refractivity contribution is -0.139. The summed E-state index contributed by atoms with van der Waals surface area (Å²) in [4.78, 5) is 25.5. The molecule has 0 bridgehead atoms. The number of rotatable bonds is 2. The molecular formula is C15H15N3O3. The second-order valence-electron chi connectivity index (χ2n) is 5.13. The lowest BCUT2D eigenvalue weighted by atomic mass is 9.90. The van der Waals surface area contributed by atoms with Gasteiger partial charge in [-0.2, -0.15) is 5.10 Å². The molecule has 6 nitrogen and oxygen atoms in total. The maximum Gasteiger partial charge on any atom is 0.311 e. The van der Waals surface area contributed by atoms with Crippen LogP contribution in [0.1, 0.15) is 34.1 Å². The molecule has 1 aromatic carbocycles. The number of hydrogen-bond donors (Lipinski definition) is 2. The Hall–Kier alpha value is -2.63. The van der Waals surface area contributed by atoms with Gasteiger partial charge in [0.25, 0.3) is 5.91 Å². The quantitative estimate of drug-likeness (QED) is 0.882. The molecule has 1 aliphatic heterocycles. The summed E-state index contributed by atoms with van der Waals surface area (Å²) in [5.41, 5.74) is 2.49. The van der Waals surface area contributed by atoms with Crippen molar-refractivity contribution in [3.05, 3.63) is 47.3 Å². The number of benzene rings is 1. The molecule has 0 saturated heterocycles. The zero-order chi connectivity index (χ0) is 15.0. The average molecular weight is 285 g/mol. The van der Waals surface area contributed by atoms with Crippen molar-refractivity contribution >= 4 is 17.6 Å². The molecule has 0 saturated carbocycles. The monoisotopic (exact) mass is 285 g/mol. The van der Waals surface area contributed by atoms with Crippen molar-refractivity contribution in [2.75, 3.05) is 11.4 Å². The van der Waals surface area contributed by atoms with E-state index in [1.54, 1.807) is 35.2 Å². The van der Waals surface area contributed by atoms with E-state index in [1.807, 2.05) is 6.92 Å². The summed E-state index contributed by atoms with van der Waals surface area (Å²) in [5, 5.41) is 16.0. The largest absolute Gasteiger partial charge is 0.481 e. The number of nitrogens with zero attached hydrogens (tertiary/aromatic N) is 2. The number of aliphatic carboxylic acids is 1. The fraction of sp³-hybridized carbons (Fsp3) is 0.267. The van der Waals surface area contributed by atoms with Gasteiger partial charge in [-0.15, -0.1) is 0 Å². The van der Waals surface area contributed by atoms with Crippen LogP contribution in [0.15, 0.2) is 30.3 Å². The lowest BCUT2D eigenvalue weighted by Gasteiger charge is -2.32. The van der Waals surface area contributed by atoms with Gasteiger partial charge in [-0.1, -0.05) is 18.2 Å². The minimum Gasteiger partial charge on any atom is -0.481 e. The van der Waals surface area contributed by atoms with Gasteiger partial charge in [0.2, 0.25) is 0 Å². The van der Waals surface area contributed by atoms with Crippen molar-refractivity contribution in [3.8, 4) is 0 Å². The van der Waals surface area contributed by atoms with E-state index in [0.29, 0.717) is 29.9 Å². The van der Waals surface area contributed by atoms with Gasteiger partial charge >= 0.3 is 5.97 Å². The molecular weight excluding hydrogens is 270 g/mol. The summed E-state index contributed by atoms with van der Waals surface area (Å²) in [5.74, 6) is -1.63. The van der Waals surface area contributed by atoms with Crippen LogP contribution in [0, 0.1) is 6.92 Å². The van der Waals surface area contributed by atoms with Crippen LogP contribution in [-0.4, -0.2) is 33.7 Å². The van der Waals surface area contributed by atoms with E-state index in [4.69, 9.17) is 0 Å². The maximum atomic E-state index is 12.5. The Morgan fingerprint density at radius 1 is 1.38 bits per heavy atom. The molecule has 108 valence electrons. The van der Waals surface area contributed by atoms with Gasteiger partial charge in [-0.25, -0.2) is 0 Å². The van der Waals surface area contributed by atoms with E-state index < -0.39 is 11.9 Å². The first kappa shape index (κ1) is 13.4. The van der Waals surface area contributed by atoms with E-state index in [2.05, 4.69) is 10.2 Å². The van der Waals surface area contributed by atoms with Crippen molar-refractivity contribution in [2.24, 2.45) is 0 Å². The summed E-state index contributed by atoms with van der Waals surface area (Å²) >= 11 is 0. The molecule has 0 radical (unpaired) electrons. The van der Waals surface area contributed by atoms with E-state index in [1.165, 1.54) is 0 Å². The van der Waals surface area contributed by atoms with Crippen LogP contribution in [0.25, 0.3) is 0 Å². The smallest absolute Gasteiger partial charge is 0.311 e. The Morgan fingerprint density at radius 2 is 2.14 bits per heavy atom. The van der Waals surface area contributed by atoms with Crippen molar-refractivity contribution in [3.63, 3.8) is 0 Å². The summed E-state index contributed by atoms with van der Waals surface area (Å²) in [7, 11) is 0. The van der Waals surface area contributed by atoms with Crippen LogP contribution in [-0.2, 0) is 4.79 Å². The highest BCUT2D eigenvalue weighted by Crippen LogP contribution is 2.35. The minimum absolute atomic E-state index is 0.212. The number of carboxylic acids is 1. The van der Waals surface area contributed by atoms with Crippen molar-refractivity contribution in [1.29, 1.82) is 0 Å². The molecule has 3 rings (SSSR count). The third kappa shape index (κ3) is 2.29. The summed E-state index contributed by atoms with van der Waals surface area (Å²) in [6.45, 7) is 2.20. The second-order valence-corrected chi connectivity index (χ2v) is 5.13. The minimum atomic E-state index is -0.856. The Morgan fingerprint density at radius 3 is 2.81 bits per heavy atom. The number of H-pyrrole nitrogens is 1. The SMILES string of the molecule is Cc1cc(C(=O)N2CCC(C(=O)O)c3ccccc32)n[nH]1. The number of aromatic nitrogens is 2. The number of carboxylic acid groups (broad SMARTS) is 1. The summed E-state index contributed by atoms with van der Waals surface area (Å²) in [6, 6.07) is 8.83. The predicted octanol–water partition coefficient (Wildman–Crippen LogP) is 1.94. The zero-order valence-electron chi connectivity index (χ0n) is 11.5. The topological polar surface area (TPSA) is 86.3 Å². The number of hydrogen-bond acceptors (Lipinski definition) is 3. The van der Waals surface area contributed by atoms with Gasteiger partial charge < -0.3 is 10.0 Å². The molecule has 0 fully saturated rings. The normalized spacial score (nSPS) is 17.4. The number of aromatic amines is 1. The molecule has 1 atom stereocenters. The van der Waals surface area contributed by atoms with E-state index in [9.17, 15) is 14.7 Å². The van der Waals surface area contributed by atoms with Crippen LogP contribution in [0.3, 0.4) is 0 Å². The fourth-order valence-corrected chi connectivity index (χ4v) is 2.70. The molecule has 1 amide bonds. The summed E-state index contributed by atoms with van der Waals surface area (Å²) < 4.78 is 0. The standard InChI is InChI=1S/C15H15N3O3/c1-9-8-12(17-16-9)14(19)18-7-6-11(15(20)21)10-4-2-3-5-13(10)18/h2-5,8,11H,6-7H2,1H3,(H,16,17)(H,20,21). The molecule has 0 aliphatic carbocycles. The third-order valence-electron chi connectivity index (χ3n) is 3.71. The molecule has 1 aromatic heterocycles. The van der Waals surface area contributed by atoms with Gasteiger partial charge in [0.05, 0.1) is 5.92 Å². The molecule has 1 aliphatic rings. The number of aryl methyl sites for hydroxylation is 1. The van der Waals surface area contributed by atoms with Gasteiger partial charge in [-0.05, 0) is 31.0 Å².